The normalized spacial score (nSPS) is 9.50. The van der Waals surface area contributed by atoms with Crippen LogP contribution in [0.5, 0.6) is 0 Å². The van der Waals surface area contributed by atoms with Crippen LogP contribution < -0.4 is 0 Å². The number of hydrogen-bond donors (Lipinski definition) is 0. The van der Waals surface area contributed by atoms with Crippen molar-refractivity contribution in [1.29, 1.82) is 0 Å². The van der Waals surface area contributed by atoms with Crippen molar-refractivity contribution in [1.82, 2.24) is 4.90 Å². The van der Waals surface area contributed by atoms with Crippen LogP contribution in [-0.2, 0) is 0 Å². The number of carbonyl (C=O) groups excluding carboxylic acids is 1. The Hall–Kier alpha value is -1.80. The summed E-state index contributed by atoms with van der Waals surface area (Å²) in [5.74, 6) is 6.07. The Balaban J connectivity index is 2.03. The highest BCUT2D eigenvalue weighted by molar-refractivity contribution is 14.1. The summed E-state index contributed by atoms with van der Waals surface area (Å²) in [5.41, 5.74) is 1.68. The van der Waals surface area contributed by atoms with Gasteiger partial charge in [-0.15, -0.1) is 0 Å². The Morgan fingerprint density at radius 1 is 1.10 bits per heavy atom. The van der Waals surface area contributed by atoms with Gasteiger partial charge in [0.05, 0.1) is 12.1 Å². The minimum Gasteiger partial charge on any atom is -0.331 e. The first kappa shape index (κ1) is 14.6. The van der Waals surface area contributed by atoms with E-state index in [4.69, 9.17) is 0 Å². The molecule has 0 unspecified atom stereocenters. The van der Waals surface area contributed by atoms with E-state index in [1.807, 2.05) is 54.6 Å². The monoisotopic (exact) mass is 375 g/mol. The van der Waals surface area contributed by atoms with E-state index in [0.717, 1.165) is 14.7 Å². The molecule has 100 valence electrons. The zero-order chi connectivity index (χ0) is 14.4. The summed E-state index contributed by atoms with van der Waals surface area (Å²) in [5, 5.41) is 0. The zero-order valence-corrected chi connectivity index (χ0v) is 13.3. The maximum absolute atomic E-state index is 12.3. The second kappa shape index (κ2) is 7.11. The number of benzene rings is 2. The minimum atomic E-state index is -0.00244. The summed E-state index contributed by atoms with van der Waals surface area (Å²) in [6, 6.07) is 17.3. The van der Waals surface area contributed by atoms with Crippen molar-refractivity contribution >= 4 is 28.5 Å². The maximum atomic E-state index is 12.3. The summed E-state index contributed by atoms with van der Waals surface area (Å²) in [6.07, 6.45) is 0. The number of carbonyl (C=O) groups is 1. The van der Waals surface area contributed by atoms with Gasteiger partial charge in [-0.2, -0.15) is 0 Å². The van der Waals surface area contributed by atoms with Crippen molar-refractivity contribution in [2.45, 2.75) is 0 Å². The van der Waals surface area contributed by atoms with E-state index in [-0.39, 0.29) is 5.91 Å². The second-order valence-corrected chi connectivity index (χ2v) is 5.47. The van der Waals surface area contributed by atoms with E-state index in [2.05, 4.69) is 34.4 Å². The Morgan fingerprint density at radius 3 is 2.45 bits per heavy atom. The molecule has 0 heterocycles. The number of nitrogens with zero attached hydrogens (tertiary/aromatic N) is 1. The molecule has 0 radical (unpaired) electrons. The smallest absolute Gasteiger partial charge is 0.255 e. The van der Waals surface area contributed by atoms with E-state index >= 15 is 0 Å². The molecule has 2 aromatic rings. The number of hydrogen-bond acceptors (Lipinski definition) is 1. The third kappa shape index (κ3) is 3.84. The molecule has 1 amide bonds. The van der Waals surface area contributed by atoms with E-state index in [0.29, 0.717) is 6.54 Å². The van der Waals surface area contributed by atoms with Gasteiger partial charge in [-0.25, -0.2) is 0 Å². The lowest BCUT2D eigenvalue weighted by molar-refractivity contribution is 0.0811. The highest BCUT2D eigenvalue weighted by Gasteiger charge is 2.12. The first-order valence-electron chi connectivity index (χ1n) is 6.22. The number of amides is 1. The molecule has 20 heavy (non-hydrogen) atoms. The predicted molar refractivity (Wildman–Crippen MR) is 89.4 cm³/mol. The molecule has 0 saturated heterocycles. The lowest BCUT2D eigenvalue weighted by Crippen LogP contribution is -2.27. The molecular weight excluding hydrogens is 361 g/mol. The van der Waals surface area contributed by atoms with Gasteiger partial charge in [0.2, 0.25) is 0 Å². The van der Waals surface area contributed by atoms with Crippen molar-refractivity contribution in [2.75, 3.05) is 13.6 Å². The van der Waals surface area contributed by atoms with Crippen molar-refractivity contribution in [2.24, 2.45) is 0 Å². The number of halogens is 1. The van der Waals surface area contributed by atoms with E-state index in [1.165, 1.54) is 0 Å². The van der Waals surface area contributed by atoms with E-state index in [1.54, 1.807) is 11.9 Å². The summed E-state index contributed by atoms with van der Waals surface area (Å²) in [6.45, 7) is 0.415. The van der Waals surface area contributed by atoms with Gasteiger partial charge in [-0.1, -0.05) is 42.2 Å². The van der Waals surface area contributed by atoms with Crippen molar-refractivity contribution in [3.8, 4) is 11.8 Å². The average Bonchev–Trinajstić information content (AvgIpc) is 2.48. The standard InChI is InChI=1S/C17H14INO/c1-19(13-7-10-14-8-3-2-4-9-14)17(20)15-11-5-6-12-16(15)18/h2-6,8-9,11-12H,13H2,1H3. The average molecular weight is 375 g/mol. The fourth-order valence-corrected chi connectivity index (χ4v) is 2.31. The summed E-state index contributed by atoms with van der Waals surface area (Å²) < 4.78 is 0.956. The molecule has 0 aliphatic rings. The summed E-state index contributed by atoms with van der Waals surface area (Å²) in [7, 11) is 1.77. The predicted octanol–water partition coefficient (Wildman–Crippen LogP) is 3.41. The maximum Gasteiger partial charge on any atom is 0.255 e. The SMILES string of the molecule is CN(CC#Cc1ccccc1)C(=O)c1ccccc1I. The molecule has 2 nitrogen and oxygen atoms in total. The summed E-state index contributed by atoms with van der Waals surface area (Å²) in [4.78, 5) is 13.9. The van der Waals surface area contributed by atoms with E-state index < -0.39 is 0 Å². The van der Waals surface area contributed by atoms with Crippen LogP contribution in [-0.4, -0.2) is 24.4 Å². The highest BCUT2D eigenvalue weighted by Crippen LogP contribution is 2.13. The molecule has 0 N–H and O–H groups in total. The first-order chi connectivity index (χ1) is 9.68. The molecule has 0 bridgehead atoms. The molecule has 2 aromatic carbocycles. The van der Waals surface area contributed by atoms with Crippen molar-refractivity contribution in [3.05, 3.63) is 69.3 Å². The largest absolute Gasteiger partial charge is 0.331 e. The van der Waals surface area contributed by atoms with Crippen LogP contribution in [0, 0.1) is 15.4 Å². The lowest BCUT2D eigenvalue weighted by atomic mass is 10.2. The minimum absolute atomic E-state index is 0.00244. The molecule has 0 fully saturated rings. The van der Waals surface area contributed by atoms with Gasteiger partial charge < -0.3 is 4.90 Å². The van der Waals surface area contributed by atoms with Crippen LogP contribution in [0.3, 0.4) is 0 Å². The third-order valence-corrected chi connectivity index (χ3v) is 3.71. The van der Waals surface area contributed by atoms with Crippen LogP contribution in [0.4, 0.5) is 0 Å². The molecule has 0 spiro atoms. The molecule has 2 rings (SSSR count). The van der Waals surface area contributed by atoms with Gasteiger partial charge in [0.1, 0.15) is 0 Å². The molecular formula is C17H14INO. The Labute approximate surface area is 132 Å². The van der Waals surface area contributed by atoms with Gasteiger partial charge in [0.15, 0.2) is 0 Å². The van der Waals surface area contributed by atoms with E-state index in [9.17, 15) is 4.79 Å². The van der Waals surface area contributed by atoms with Gasteiger partial charge >= 0.3 is 0 Å². The van der Waals surface area contributed by atoms with Gasteiger partial charge in [0.25, 0.3) is 5.91 Å². The van der Waals surface area contributed by atoms with Gasteiger partial charge in [0, 0.05) is 16.2 Å². The molecule has 0 aromatic heterocycles. The summed E-state index contributed by atoms with van der Waals surface area (Å²) >= 11 is 2.17. The van der Waals surface area contributed by atoms with Gasteiger partial charge in [-0.3, -0.25) is 4.79 Å². The van der Waals surface area contributed by atoms with Crippen LogP contribution >= 0.6 is 22.6 Å². The van der Waals surface area contributed by atoms with Crippen LogP contribution in [0.1, 0.15) is 15.9 Å². The quantitative estimate of drug-likeness (QED) is 0.582. The fourth-order valence-electron chi connectivity index (χ4n) is 1.69. The van der Waals surface area contributed by atoms with Crippen LogP contribution in [0.25, 0.3) is 0 Å². The number of rotatable bonds is 2. The Kier molecular flexibility index (Phi) is 5.19. The third-order valence-electron chi connectivity index (χ3n) is 2.77. The topological polar surface area (TPSA) is 20.3 Å². The first-order valence-corrected chi connectivity index (χ1v) is 7.30. The van der Waals surface area contributed by atoms with Gasteiger partial charge in [-0.05, 0) is 46.9 Å². The molecule has 0 aliphatic carbocycles. The van der Waals surface area contributed by atoms with Crippen molar-refractivity contribution < 1.29 is 4.79 Å². The van der Waals surface area contributed by atoms with Crippen LogP contribution in [0.15, 0.2) is 54.6 Å². The lowest BCUT2D eigenvalue weighted by Gasteiger charge is -2.14. The Bertz CT molecular complexity index is 655. The Morgan fingerprint density at radius 2 is 1.75 bits per heavy atom. The van der Waals surface area contributed by atoms with Crippen molar-refractivity contribution in [3.63, 3.8) is 0 Å². The second-order valence-electron chi connectivity index (χ2n) is 4.31. The van der Waals surface area contributed by atoms with Crippen LogP contribution in [0.2, 0.25) is 0 Å². The zero-order valence-electron chi connectivity index (χ0n) is 11.1. The molecule has 0 saturated carbocycles. The molecule has 0 atom stereocenters. The highest BCUT2D eigenvalue weighted by atomic mass is 127. The fraction of sp³-hybridized carbons (Fsp3) is 0.118. The molecule has 0 aliphatic heterocycles. The molecule has 3 heteroatoms.